The number of rotatable bonds is 5. The topological polar surface area (TPSA) is 20.3 Å². The number of likely N-dealkylation sites (tertiary alicyclic amines) is 1. The number of hydrogen-bond acceptors (Lipinski definition) is 3. The van der Waals surface area contributed by atoms with E-state index in [0.29, 0.717) is 12.2 Å². The summed E-state index contributed by atoms with van der Waals surface area (Å²) >= 11 is 1.60. The summed E-state index contributed by atoms with van der Waals surface area (Å²) in [6, 6.07) is 1.92. The molecule has 4 heteroatoms. The van der Waals surface area contributed by atoms with Crippen LogP contribution in [0.3, 0.4) is 0 Å². The highest BCUT2D eigenvalue weighted by molar-refractivity contribution is 7.08. The number of halogens is 1. The molecule has 1 aliphatic heterocycles. The van der Waals surface area contributed by atoms with E-state index < -0.39 is 0 Å². The fraction of sp³-hybridized carbons (Fsp3) is 0.615. The van der Waals surface area contributed by atoms with Gasteiger partial charge in [-0.15, -0.1) is 12.4 Å². The zero-order chi connectivity index (χ0) is 11.2. The number of hydrogen-bond donors (Lipinski definition) is 0. The monoisotopic (exact) mass is 273 g/mol. The van der Waals surface area contributed by atoms with Crippen molar-refractivity contribution >= 4 is 29.5 Å². The second kappa shape index (κ2) is 7.85. The predicted octanol–water partition coefficient (Wildman–Crippen LogP) is 3.62. The maximum Gasteiger partial charge on any atom is 0.163 e. The molecule has 96 valence electrons. The van der Waals surface area contributed by atoms with Gasteiger partial charge in [-0.05, 0) is 50.3 Å². The van der Waals surface area contributed by atoms with Gasteiger partial charge in [0.25, 0.3) is 0 Å². The van der Waals surface area contributed by atoms with Crippen molar-refractivity contribution in [2.75, 3.05) is 19.6 Å². The first-order valence-electron chi connectivity index (χ1n) is 6.14. The van der Waals surface area contributed by atoms with Crippen LogP contribution in [-0.2, 0) is 0 Å². The van der Waals surface area contributed by atoms with Crippen molar-refractivity contribution in [2.45, 2.75) is 32.1 Å². The van der Waals surface area contributed by atoms with Gasteiger partial charge in [0.05, 0.1) is 0 Å². The van der Waals surface area contributed by atoms with Crippen LogP contribution in [0.25, 0.3) is 0 Å². The highest BCUT2D eigenvalue weighted by Gasteiger charge is 2.11. The van der Waals surface area contributed by atoms with E-state index in [9.17, 15) is 4.79 Å². The molecule has 0 spiro atoms. The summed E-state index contributed by atoms with van der Waals surface area (Å²) in [5, 5.41) is 3.92. The molecular formula is C13H20ClNOS. The highest BCUT2D eigenvalue weighted by Crippen LogP contribution is 2.12. The minimum absolute atomic E-state index is 0. The molecule has 0 N–H and O–H groups in total. The number of nitrogens with zero attached hydrogens (tertiary/aromatic N) is 1. The third-order valence-corrected chi connectivity index (χ3v) is 3.85. The lowest BCUT2D eigenvalue weighted by molar-refractivity contribution is 0.0973. The summed E-state index contributed by atoms with van der Waals surface area (Å²) in [6.07, 6.45) is 5.75. The van der Waals surface area contributed by atoms with Gasteiger partial charge in [-0.25, -0.2) is 0 Å². The Hall–Kier alpha value is -0.380. The highest BCUT2D eigenvalue weighted by atomic mass is 35.5. The quantitative estimate of drug-likeness (QED) is 0.764. The van der Waals surface area contributed by atoms with E-state index in [4.69, 9.17) is 0 Å². The van der Waals surface area contributed by atoms with E-state index in [1.165, 1.54) is 32.4 Å². The molecule has 0 unspecified atom stereocenters. The molecule has 2 nitrogen and oxygen atoms in total. The van der Waals surface area contributed by atoms with Crippen LogP contribution in [0.15, 0.2) is 16.8 Å². The third kappa shape index (κ3) is 4.78. The maximum atomic E-state index is 11.7. The number of ketones is 1. The van der Waals surface area contributed by atoms with Crippen molar-refractivity contribution in [2.24, 2.45) is 0 Å². The average Bonchev–Trinajstić information content (AvgIpc) is 2.84. The Kier molecular flexibility index (Phi) is 6.78. The van der Waals surface area contributed by atoms with E-state index in [-0.39, 0.29) is 12.4 Å². The molecule has 0 amide bonds. The van der Waals surface area contributed by atoms with Gasteiger partial charge in [-0.3, -0.25) is 4.79 Å². The number of piperidine rings is 1. The van der Waals surface area contributed by atoms with Gasteiger partial charge in [0, 0.05) is 17.4 Å². The molecule has 2 heterocycles. The van der Waals surface area contributed by atoms with Crippen LogP contribution in [0, 0.1) is 0 Å². The molecule has 1 aliphatic rings. The molecule has 0 aliphatic carbocycles. The lowest BCUT2D eigenvalue weighted by atomic mass is 10.1. The maximum absolute atomic E-state index is 11.7. The third-order valence-electron chi connectivity index (χ3n) is 3.17. The Morgan fingerprint density at radius 2 is 2.06 bits per heavy atom. The first-order valence-corrected chi connectivity index (χ1v) is 7.08. The predicted molar refractivity (Wildman–Crippen MR) is 75.4 cm³/mol. The summed E-state index contributed by atoms with van der Waals surface area (Å²) in [4.78, 5) is 14.2. The van der Waals surface area contributed by atoms with Crippen LogP contribution in [0.2, 0.25) is 0 Å². The average molecular weight is 274 g/mol. The molecule has 2 rings (SSSR count). The van der Waals surface area contributed by atoms with E-state index in [1.807, 2.05) is 16.8 Å². The minimum atomic E-state index is 0. The molecule has 1 fully saturated rings. The molecule has 1 saturated heterocycles. The van der Waals surface area contributed by atoms with E-state index in [1.54, 1.807) is 11.3 Å². The minimum Gasteiger partial charge on any atom is -0.303 e. The van der Waals surface area contributed by atoms with Crippen molar-refractivity contribution in [3.63, 3.8) is 0 Å². The zero-order valence-electron chi connectivity index (χ0n) is 10.1. The summed E-state index contributed by atoms with van der Waals surface area (Å²) in [5.74, 6) is 0.304. The van der Waals surface area contributed by atoms with Crippen LogP contribution in [0.4, 0.5) is 0 Å². The van der Waals surface area contributed by atoms with Crippen LogP contribution < -0.4 is 0 Å². The molecule has 17 heavy (non-hydrogen) atoms. The molecule has 0 atom stereocenters. The van der Waals surface area contributed by atoms with Crippen molar-refractivity contribution in [1.82, 2.24) is 4.90 Å². The summed E-state index contributed by atoms with van der Waals surface area (Å²) in [7, 11) is 0. The van der Waals surface area contributed by atoms with E-state index >= 15 is 0 Å². The number of thiophene rings is 1. The molecule has 0 saturated carbocycles. The number of carbonyl (C=O) groups is 1. The van der Waals surface area contributed by atoms with Gasteiger partial charge in [-0.1, -0.05) is 6.42 Å². The second-order valence-electron chi connectivity index (χ2n) is 4.44. The fourth-order valence-electron chi connectivity index (χ4n) is 2.21. The van der Waals surface area contributed by atoms with Crippen molar-refractivity contribution in [1.29, 1.82) is 0 Å². The van der Waals surface area contributed by atoms with Gasteiger partial charge in [-0.2, -0.15) is 11.3 Å². The van der Waals surface area contributed by atoms with Gasteiger partial charge in [0.2, 0.25) is 0 Å². The summed E-state index contributed by atoms with van der Waals surface area (Å²) in [6.45, 7) is 3.55. The summed E-state index contributed by atoms with van der Waals surface area (Å²) < 4.78 is 0. The molecule has 0 bridgehead atoms. The lowest BCUT2D eigenvalue weighted by Crippen LogP contribution is -2.30. The van der Waals surface area contributed by atoms with Crippen molar-refractivity contribution in [3.05, 3.63) is 22.4 Å². The second-order valence-corrected chi connectivity index (χ2v) is 5.22. The molecular weight excluding hydrogens is 254 g/mol. The molecule has 0 radical (unpaired) electrons. The van der Waals surface area contributed by atoms with Gasteiger partial charge < -0.3 is 4.90 Å². The largest absolute Gasteiger partial charge is 0.303 e. The lowest BCUT2D eigenvalue weighted by Gasteiger charge is -2.26. The first kappa shape index (κ1) is 14.7. The molecule has 1 aromatic heterocycles. The Morgan fingerprint density at radius 3 is 2.71 bits per heavy atom. The first-order chi connectivity index (χ1) is 7.86. The van der Waals surface area contributed by atoms with Gasteiger partial charge >= 0.3 is 0 Å². The number of Topliss-reactive ketones (excluding diaryl/α,β-unsaturated/α-hetero) is 1. The van der Waals surface area contributed by atoms with E-state index in [0.717, 1.165) is 18.5 Å². The standard InChI is InChI=1S/C13H19NOS.ClH/c15-13(12-6-10-16-11-12)5-4-9-14-7-2-1-3-8-14;/h6,10-11H,1-5,7-9H2;1H. The fourth-order valence-corrected chi connectivity index (χ4v) is 2.87. The molecule has 0 aromatic carbocycles. The number of carbonyl (C=O) groups excluding carboxylic acids is 1. The zero-order valence-corrected chi connectivity index (χ0v) is 11.7. The summed E-state index contributed by atoms with van der Waals surface area (Å²) in [5.41, 5.74) is 0.892. The van der Waals surface area contributed by atoms with Crippen molar-refractivity contribution in [3.8, 4) is 0 Å². The van der Waals surface area contributed by atoms with Gasteiger partial charge in [0.1, 0.15) is 0 Å². The van der Waals surface area contributed by atoms with Crippen LogP contribution in [0.5, 0.6) is 0 Å². The Morgan fingerprint density at radius 1 is 1.29 bits per heavy atom. The van der Waals surface area contributed by atoms with E-state index in [2.05, 4.69) is 4.90 Å². The Balaban J connectivity index is 0.00000144. The Labute approximate surface area is 113 Å². The van der Waals surface area contributed by atoms with Gasteiger partial charge in [0.15, 0.2) is 5.78 Å². The SMILES string of the molecule is Cl.O=C(CCCN1CCCCC1)c1ccsc1. The normalized spacial score (nSPS) is 16.5. The molecule has 1 aromatic rings. The Bertz CT molecular complexity index is 320. The van der Waals surface area contributed by atoms with Crippen molar-refractivity contribution < 1.29 is 4.79 Å². The van der Waals surface area contributed by atoms with Crippen LogP contribution in [0.1, 0.15) is 42.5 Å². The van der Waals surface area contributed by atoms with Crippen LogP contribution in [-0.4, -0.2) is 30.3 Å². The smallest absolute Gasteiger partial charge is 0.163 e. The van der Waals surface area contributed by atoms with Crippen LogP contribution >= 0.6 is 23.7 Å².